The van der Waals surface area contributed by atoms with E-state index < -0.39 is 11.8 Å². The fourth-order valence-electron chi connectivity index (χ4n) is 3.67. The van der Waals surface area contributed by atoms with Crippen LogP contribution in [0.1, 0.15) is 37.3 Å². The second kappa shape index (κ2) is 7.13. The third kappa shape index (κ3) is 2.81. The van der Waals surface area contributed by atoms with Crippen molar-refractivity contribution in [1.29, 1.82) is 0 Å². The molecule has 0 aromatic heterocycles. The Bertz CT molecular complexity index is 853. The van der Waals surface area contributed by atoms with Gasteiger partial charge >= 0.3 is 0 Å². The molecule has 0 unspecified atom stereocenters. The Hall–Kier alpha value is -2.70. The molecule has 6 nitrogen and oxygen atoms in total. The van der Waals surface area contributed by atoms with Crippen LogP contribution in [0.25, 0.3) is 0 Å². The molecule has 1 saturated heterocycles. The van der Waals surface area contributed by atoms with Crippen LogP contribution in [0, 0.1) is 5.21 Å². The molecule has 2 aromatic carbocycles. The van der Waals surface area contributed by atoms with Gasteiger partial charge in [-0.05, 0) is 34.1 Å². The Morgan fingerprint density at radius 3 is 2.52 bits per heavy atom. The maximum absolute atomic E-state index is 13.5. The minimum Gasteiger partial charge on any atom is -0.594 e. The largest absolute Gasteiger partial charge is 0.594 e. The molecule has 0 radical (unpaired) electrons. The Balaban J connectivity index is 1.75. The average Bonchev–Trinajstić information content (AvgIpc) is 3.18. The molecular weight excluding hydrogens is 344 g/mol. The van der Waals surface area contributed by atoms with Crippen molar-refractivity contribution in [3.8, 4) is 0 Å². The number of carbonyl (C=O) groups is 1. The molecule has 2 aromatic rings. The van der Waals surface area contributed by atoms with E-state index in [0.717, 1.165) is 23.6 Å². The van der Waals surface area contributed by atoms with Gasteiger partial charge in [0.2, 0.25) is 5.54 Å². The minimum absolute atomic E-state index is 0.0893. The molecule has 0 amide bonds. The number of fused-ring (bicyclic) bond motifs is 1. The van der Waals surface area contributed by atoms with Crippen molar-refractivity contribution < 1.29 is 19.2 Å². The molecule has 0 bridgehead atoms. The molecule has 0 aliphatic carbocycles. The van der Waals surface area contributed by atoms with E-state index in [2.05, 4.69) is 6.92 Å². The van der Waals surface area contributed by atoms with Gasteiger partial charge in [-0.15, -0.1) is 0 Å². The molecule has 0 spiro atoms. The monoisotopic (exact) mass is 366 g/mol. The lowest BCUT2D eigenvalue weighted by Crippen LogP contribution is -2.44. The molecule has 6 heteroatoms. The van der Waals surface area contributed by atoms with Gasteiger partial charge in [-0.25, -0.2) is 0 Å². The van der Waals surface area contributed by atoms with Crippen LogP contribution >= 0.6 is 0 Å². The standard InChI is InChI=1S/C21H22N2O4/c1-2-3-14-26-18-15-21(17-12-8-5-9-13-17)20(24)19(22(25)23(21)27-18)16-10-6-4-7-11-16/h4-13,18H,2-3,14-15H2,1H3/t18-,21+/m0/s1. The summed E-state index contributed by atoms with van der Waals surface area (Å²) in [5, 5.41) is 14.2. The zero-order chi connectivity index (χ0) is 18.9. The second-order valence-electron chi connectivity index (χ2n) is 6.78. The third-order valence-electron chi connectivity index (χ3n) is 5.05. The van der Waals surface area contributed by atoms with E-state index in [1.54, 1.807) is 24.3 Å². The molecule has 27 heavy (non-hydrogen) atoms. The number of ketones is 1. The smallest absolute Gasteiger partial charge is 0.297 e. The predicted molar refractivity (Wildman–Crippen MR) is 99.5 cm³/mol. The quantitative estimate of drug-likeness (QED) is 0.446. The van der Waals surface area contributed by atoms with Crippen molar-refractivity contribution in [2.75, 3.05) is 6.61 Å². The normalized spacial score (nSPS) is 24.6. The fourth-order valence-corrected chi connectivity index (χ4v) is 3.67. The summed E-state index contributed by atoms with van der Waals surface area (Å²) < 4.78 is 5.77. The van der Waals surface area contributed by atoms with Crippen molar-refractivity contribution >= 4 is 11.5 Å². The van der Waals surface area contributed by atoms with Crippen LogP contribution < -0.4 is 0 Å². The number of carbonyl (C=O) groups excluding carboxylic acids is 1. The van der Waals surface area contributed by atoms with Crippen LogP contribution in [-0.2, 0) is 19.9 Å². The average molecular weight is 366 g/mol. The lowest BCUT2D eigenvalue weighted by molar-refractivity contribution is -0.724. The zero-order valence-electron chi connectivity index (χ0n) is 15.2. The number of hydrogen-bond acceptors (Lipinski definition) is 5. The summed E-state index contributed by atoms with van der Waals surface area (Å²) in [6.45, 7) is 2.61. The first-order valence-electron chi connectivity index (χ1n) is 9.27. The van der Waals surface area contributed by atoms with Crippen molar-refractivity contribution in [2.24, 2.45) is 0 Å². The first-order chi connectivity index (χ1) is 13.2. The van der Waals surface area contributed by atoms with Gasteiger partial charge in [0.25, 0.3) is 11.5 Å². The van der Waals surface area contributed by atoms with Crippen molar-refractivity contribution in [3.05, 3.63) is 77.0 Å². The van der Waals surface area contributed by atoms with Gasteiger partial charge in [-0.3, -0.25) is 4.79 Å². The van der Waals surface area contributed by atoms with Crippen LogP contribution in [-0.4, -0.2) is 34.4 Å². The summed E-state index contributed by atoms with van der Waals surface area (Å²) in [7, 11) is 0. The van der Waals surface area contributed by atoms with Crippen LogP contribution in [0.5, 0.6) is 0 Å². The Kier molecular flexibility index (Phi) is 4.68. The molecule has 0 N–H and O–H groups in total. The molecule has 1 fully saturated rings. The van der Waals surface area contributed by atoms with E-state index in [-0.39, 0.29) is 17.9 Å². The van der Waals surface area contributed by atoms with E-state index in [1.165, 1.54) is 0 Å². The number of benzene rings is 2. The highest BCUT2D eigenvalue weighted by Crippen LogP contribution is 2.45. The zero-order valence-corrected chi connectivity index (χ0v) is 15.2. The van der Waals surface area contributed by atoms with Gasteiger partial charge in [0.1, 0.15) is 0 Å². The molecule has 4 rings (SSSR count). The van der Waals surface area contributed by atoms with E-state index in [9.17, 15) is 10.0 Å². The molecule has 2 atom stereocenters. The molecule has 0 saturated carbocycles. The number of ether oxygens (including phenoxy) is 1. The van der Waals surface area contributed by atoms with E-state index in [4.69, 9.17) is 9.57 Å². The number of hydroxylamine groups is 1. The van der Waals surface area contributed by atoms with Gasteiger partial charge in [-0.2, -0.15) is 4.84 Å². The van der Waals surface area contributed by atoms with Gasteiger partial charge in [-0.1, -0.05) is 61.9 Å². The lowest BCUT2D eigenvalue weighted by Gasteiger charge is -2.24. The number of hydrazone groups is 1. The summed E-state index contributed by atoms with van der Waals surface area (Å²) in [6, 6.07) is 18.3. The maximum atomic E-state index is 13.5. The number of unbranched alkanes of at least 4 members (excludes halogenated alkanes) is 1. The fraction of sp³-hybridized carbons (Fsp3) is 0.333. The molecule has 2 aliphatic rings. The molecule has 140 valence electrons. The summed E-state index contributed by atoms with van der Waals surface area (Å²) in [6.07, 6.45) is 1.54. The second-order valence-corrected chi connectivity index (χ2v) is 6.78. The summed E-state index contributed by atoms with van der Waals surface area (Å²) in [5.41, 5.74) is 0.189. The third-order valence-corrected chi connectivity index (χ3v) is 5.05. The van der Waals surface area contributed by atoms with Gasteiger partial charge in [0, 0.05) is 13.0 Å². The van der Waals surface area contributed by atoms with Crippen LogP contribution in [0.3, 0.4) is 0 Å². The Labute approximate surface area is 158 Å². The number of hydrazine groups is 1. The van der Waals surface area contributed by atoms with Crippen LogP contribution in [0.2, 0.25) is 0 Å². The first-order valence-corrected chi connectivity index (χ1v) is 9.27. The van der Waals surface area contributed by atoms with Gasteiger partial charge in [0.05, 0.1) is 5.56 Å². The van der Waals surface area contributed by atoms with Crippen molar-refractivity contribution in [1.82, 2.24) is 5.17 Å². The lowest BCUT2D eigenvalue weighted by atomic mass is 9.81. The first kappa shape index (κ1) is 17.7. The Morgan fingerprint density at radius 1 is 1.19 bits per heavy atom. The number of nitrogens with zero attached hydrogens (tertiary/aromatic N) is 2. The maximum Gasteiger partial charge on any atom is 0.297 e. The highest BCUT2D eigenvalue weighted by molar-refractivity contribution is 6.47. The van der Waals surface area contributed by atoms with Crippen LogP contribution in [0.15, 0.2) is 60.7 Å². The number of rotatable bonds is 6. The van der Waals surface area contributed by atoms with Gasteiger partial charge < -0.3 is 9.94 Å². The number of Topliss-reactive ketones (excluding diaryl/α,β-unsaturated/α-hetero) is 1. The summed E-state index contributed by atoms with van der Waals surface area (Å²) in [5.74, 6) is -0.267. The Morgan fingerprint density at radius 2 is 1.85 bits per heavy atom. The van der Waals surface area contributed by atoms with Crippen molar-refractivity contribution in [2.45, 2.75) is 38.0 Å². The molecule has 2 heterocycles. The van der Waals surface area contributed by atoms with Gasteiger partial charge in [0.15, 0.2) is 6.29 Å². The highest BCUT2D eigenvalue weighted by Gasteiger charge is 2.66. The van der Waals surface area contributed by atoms with E-state index in [0.29, 0.717) is 17.0 Å². The predicted octanol–water partition coefficient (Wildman–Crippen LogP) is 3.16. The summed E-state index contributed by atoms with van der Waals surface area (Å²) in [4.78, 5) is 19.9. The number of hydrogen-bond donors (Lipinski definition) is 0. The SMILES string of the molecule is CCCCO[C@@H]1C[C@@]2(c3ccccc3)C(=O)C(c3ccccc3)=[N+]([O-])N2O1. The highest BCUT2D eigenvalue weighted by atomic mass is 16.9. The molecular formula is C21H22N2O4. The van der Waals surface area contributed by atoms with Crippen molar-refractivity contribution in [3.63, 3.8) is 0 Å². The van der Waals surface area contributed by atoms with E-state index >= 15 is 0 Å². The van der Waals surface area contributed by atoms with E-state index in [1.807, 2.05) is 36.4 Å². The molecule has 2 aliphatic heterocycles. The minimum atomic E-state index is -1.20. The summed E-state index contributed by atoms with van der Waals surface area (Å²) >= 11 is 0. The topological polar surface area (TPSA) is 64.8 Å². The van der Waals surface area contributed by atoms with Crippen LogP contribution in [0.4, 0.5) is 0 Å².